The third-order valence-electron chi connectivity index (χ3n) is 3.77. The predicted octanol–water partition coefficient (Wildman–Crippen LogP) is 1.80. The average molecular weight is 284 g/mol. The van der Waals surface area contributed by atoms with Gasteiger partial charge in [0.05, 0.1) is 0 Å². The molecule has 2 rings (SSSR count). The van der Waals surface area contributed by atoms with E-state index < -0.39 is 12.1 Å². The van der Waals surface area contributed by atoms with Gasteiger partial charge in [-0.3, -0.25) is 4.98 Å². The van der Waals surface area contributed by atoms with Crippen molar-refractivity contribution in [3.8, 4) is 11.1 Å². The van der Waals surface area contributed by atoms with Gasteiger partial charge < -0.3 is 15.6 Å². The van der Waals surface area contributed by atoms with Crippen LogP contribution < -0.4 is 5.73 Å². The summed E-state index contributed by atoms with van der Waals surface area (Å²) in [6.45, 7) is 4.05. The molecule has 21 heavy (non-hydrogen) atoms. The van der Waals surface area contributed by atoms with Crippen molar-refractivity contribution in [1.82, 2.24) is 4.98 Å². The molecule has 1 unspecified atom stereocenters. The summed E-state index contributed by atoms with van der Waals surface area (Å²) in [4.78, 5) is 14.8. The summed E-state index contributed by atoms with van der Waals surface area (Å²) >= 11 is 0. The van der Waals surface area contributed by atoms with Crippen LogP contribution in [0.2, 0.25) is 0 Å². The van der Waals surface area contributed by atoms with Crippen molar-refractivity contribution in [3.05, 3.63) is 53.3 Å². The van der Waals surface area contributed by atoms with Gasteiger partial charge in [-0.05, 0) is 48.6 Å². The number of aryl methyl sites for hydroxylation is 1. The Bertz CT molecular complexity index is 623. The smallest absolute Gasteiger partial charge is 0.150 e. The molecule has 1 heterocycles. The van der Waals surface area contributed by atoms with Gasteiger partial charge >= 0.3 is 0 Å². The Morgan fingerprint density at radius 3 is 2.52 bits per heavy atom. The summed E-state index contributed by atoms with van der Waals surface area (Å²) in [5, 5.41) is 9.39. The second kappa shape index (κ2) is 6.61. The SMILES string of the molecule is Cc1nccc(-c2ccc(C[C@H](N)C(O)C=O)cc2)c1C. The van der Waals surface area contributed by atoms with Crippen LogP contribution in [0.25, 0.3) is 11.1 Å². The van der Waals surface area contributed by atoms with E-state index in [0.717, 1.165) is 22.4 Å². The largest absolute Gasteiger partial charge is 0.384 e. The molecule has 0 radical (unpaired) electrons. The van der Waals surface area contributed by atoms with Gasteiger partial charge in [0.15, 0.2) is 0 Å². The van der Waals surface area contributed by atoms with Crippen molar-refractivity contribution >= 4 is 6.29 Å². The molecule has 4 nitrogen and oxygen atoms in total. The molecule has 0 spiro atoms. The molecular formula is C17H20N2O2. The van der Waals surface area contributed by atoms with Crippen LogP contribution in [0.3, 0.4) is 0 Å². The molecule has 1 aromatic carbocycles. The number of aliphatic hydroxyl groups is 1. The van der Waals surface area contributed by atoms with Crippen LogP contribution in [0.15, 0.2) is 36.5 Å². The molecule has 110 valence electrons. The Morgan fingerprint density at radius 1 is 1.24 bits per heavy atom. The van der Waals surface area contributed by atoms with Crippen molar-refractivity contribution in [2.45, 2.75) is 32.4 Å². The number of aldehydes is 1. The lowest BCUT2D eigenvalue weighted by molar-refractivity contribution is -0.115. The number of pyridine rings is 1. The van der Waals surface area contributed by atoms with Gasteiger partial charge in [0.25, 0.3) is 0 Å². The second-order valence-corrected chi connectivity index (χ2v) is 5.26. The molecule has 0 saturated carbocycles. The Morgan fingerprint density at radius 2 is 1.90 bits per heavy atom. The molecule has 0 bridgehead atoms. The van der Waals surface area contributed by atoms with Gasteiger partial charge in [0, 0.05) is 17.9 Å². The average Bonchev–Trinajstić information content (AvgIpc) is 2.50. The maximum atomic E-state index is 10.5. The van der Waals surface area contributed by atoms with Crippen LogP contribution in [-0.2, 0) is 11.2 Å². The Hall–Kier alpha value is -2.04. The zero-order chi connectivity index (χ0) is 15.4. The number of hydrogen-bond acceptors (Lipinski definition) is 4. The van der Waals surface area contributed by atoms with Crippen molar-refractivity contribution < 1.29 is 9.90 Å². The molecule has 1 aromatic heterocycles. The maximum absolute atomic E-state index is 10.5. The van der Waals surface area contributed by atoms with Crippen LogP contribution in [0, 0.1) is 13.8 Å². The number of rotatable bonds is 5. The lowest BCUT2D eigenvalue weighted by Gasteiger charge is -2.14. The Labute approximate surface area is 124 Å². The number of nitrogens with two attached hydrogens (primary N) is 1. The topological polar surface area (TPSA) is 76.2 Å². The first-order chi connectivity index (χ1) is 10.0. The van der Waals surface area contributed by atoms with Gasteiger partial charge in [-0.15, -0.1) is 0 Å². The van der Waals surface area contributed by atoms with E-state index in [1.807, 2.05) is 43.5 Å². The van der Waals surface area contributed by atoms with E-state index in [1.54, 1.807) is 0 Å². The first-order valence-electron chi connectivity index (χ1n) is 6.93. The fourth-order valence-corrected chi connectivity index (χ4v) is 2.27. The first-order valence-corrected chi connectivity index (χ1v) is 6.93. The lowest BCUT2D eigenvalue weighted by Crippen LogP contribution is -2.37. The zero-order valence-electron chi connectivity index (χ0n) is 12.3. The number of hydrogen-bond donors (Lipinski definition) is 2. The highest BCUT2D eigenvalue weighted by Gasteiger charge is 2.14. The standard InChI is InChI=1S/C17H20N2O2/c1-11-12(2)19-8-7-15(11)14-5-3-13(4-6-14)9-16(18)17(21)10-20/h3-8,10,16-17,21H,9,18H2,1-2H3/t16-,17?/m0/s1. The summed E-state index contributed by atoms with van der Waals surface area (Å²) < 4.78 is 0. The molecule has 2 aromatic rings. The predicted molar refractivity (Wildman–Crippen MR) is 82.9 cm³/mol. The quantitative estimate of drug-likeness (QED) is 0.821. The van der Waals surface area contributed by atoms with E-state index in [4.69, 9.17) is 5.73 Å². The zero-order valence-corrected chi connectivity index (χ0v) is 12.3. The minimum atomic E-state index is -1.12. The van der Waals surface area contributed by atoms with Crippen LogP contribution in [0.5, 0.6) is 0 Å². The van der Waals surface area contributed by atoms with E-state index in [9.17, 15) is 9.90 Å². The third kappa shape index (κ3) is 3.54. The van der Waals surface area contributed by atoms with E-state index in [-0.39, 0.29) is 0 Å². The molecule has 0 aliphatic carbocycles. The lowest BCUT2D eigenvalue weighted by atomic mass is 9.97. The van der Waals surface area contributed by atoms with Gasteiger partial charge in [-0.1, -0.05) is 24.3 Å². The highest BCUT2D eigenvalue weighted by atomic mass is 16.3. The van der Waals surface area contributed by atoms with Crippen LogP contribution in [0.1, 0.15) is 16.8 Å². The number of nitrogens with zero attached hydrogens (tertiary/aromatic N) is 1. The highest BCUT2D eigenvalue weighted by molar-refractivity contribution is 5.67. The summed E-state index contributed by atoms with van der Waals surface area (Å²) in [7, 11) is 0. The van der Waals surface area contributed by atoms with Gasteiger partial charge in [-0.25, -0.2) is 0 Å². The first kappa shape index (κ1) is 15.4. The maximum Gasteiger partial charge on any atom is 0.150 e. The minimum Gasteiger partial charge on any atom is -0.384 e. The van der Waals surface area contributed by atoms with Crippen molar-refractivity contribution in [1.29, 1.82) is 0 Å². The Kier molecular flexibility index (Phi) is 4.83. The summed E-state index contributed by atoms with van der Waals surface area (Å²) in [5.41, 5.74) is 11.2. The number of carbonyl (C=O) groups excluding carboxylic acids is 1. The number of benzene rings is 1. The van der Waals surface area contributed by atoms with Gasteiger partial charge in [0.2, 0.25) is 0 Å². The van der Waals surface area contributed by atoms with E-state index in [2.05, 4.69) is 11.9 Å². The summed E-state index contributed by atoms with van der Waals surface area (Å²) in [6, 6.07) is 9.43. The van der Waals surface area contributed by atoms with Crippen molar-refractivity contribution in [2.24, 2.45) is 5.73 Å². The fraction of sp³-hybridized carbons (Fsp3) is 0.294. The molecule has 0 aliphatic heterocycles. The van der Waals surface area contributed by atoms with Crippen LogP contribution in [0.4, 0.5) is 0 Å². The van der Waals surface area contributed by atoms with Crippen LogP contribution in [-0.4, -0.2) is 28.5 Å². The number of aromatic nitrogens is 1. The van der Waals surface area contributed by atoms with E-state index in [0.29, 0.717) is 12.7 Å². The summed E-state index contributed by atoms with van der Waals surface area (Å²) in [5.74, 6) is 0. The minimum absolute atomic E-state index is 0.467. The van der Waals surface area contributed by atoms with E-state index in [1.165, 1.54) is 5.56 Å². The molecule has 0 aliphatic rings. The molecule has 0 saturated heterocycles. The van der Waals surface area contributed by atoms with Gasteiger partial charge in [0.1, 0.15) is 12.4 Å². The van der Waals surface area contributed by atoms with Crippen LogP contribution >= 0.6 is 0 Å². The number of aliphatic hydroxyl groups excluding tert-OH is 1. The number of carbonyl (C=O) groups is 1. The molecule has 0 amide bonds. The third-order valence-corrected chi connectivity index (χ3v) is 3.77. The van der Waals surface area contributed by atoms with Gasteiger partial charge in [-0.2, -0.15) is 0 Å². The molecule has 3 N–H and O–H groups in total. The second-order valence-electron chi connectivity index (χ2n) is 5.26. The molecular weight excluding hydrogens is 264 g/mol. The Balaban J connectivity index is 2.19. The monoisotopic (exact) mass is 284 g/mol. The molecule has 4 heteroatoms. The van der Waals surface area contributed by atoms with Crippen molar-refractivity contribution in [3.63, 3.8) is 0 Å². The molecule has 0 fully saturated rings. The van der Waals surface area contributed by atoms with Crippen molar-refractivity contribution in [2.75, 3.05) is 0 Å². The fourth-order valence-electron chi connectivity index (χ4n) is 2.27. The molecule has 2 atom stereocenters. The highest BCUT2D eigenvalue weighted by Crippen LogP contribution is 2.24. The normalized spacial score (nSPS) is 13.7. The summed E-state index contributed by atoms with van der Waals surface area (Å²) in [6.07, 6.45) is 1.63. The van der Waals surface area contributed by atoms with E-state index >= 15 is 0 Å².